The Hall–Kier alpha value is -2.40. The van der Waals surface area contributed by atoms with E-state index in [1.165, 1.54) is 6.07 Å². The van der Waals surface area contributed by atoms with Crippen molar-refractivity contribution in [2.24, 2.45) is 0 Å². The van der Waals surface area contributed by atoms with Crippen LogP contribution in [-0.2, 0) is 6.54 Å². The number of nitrogens with one attached hydrogen (secondary N) is 2. The minimum Gasteiger partial charge on any atom is -0.490 e. The van der Waals surface area contributed by atoms with E-state index < -0.39 is 0 Å². The predicted octanol–water partition coefficient (Wildman–Crippen LogP) is 4.49. The molecule has 26 heavy (non-hydrogen) atoms. The molecule has 0 atom stereocenters. The summed E-state index contributed by atoms with van der Waals surface area (Å²) >= 11 is 0. The van der Waals surface area contributed by atoms with Crippen molar-refractivity contribution >= 4 is 10.9 Å². The van der Waals surface area contributed by atoms with E-state index in [2.05, 4.69) is 22.4 Å². The molecule has 1 aliphatic carbocycles. The molecule has 0 aliphatic heterocycles. The molecular formula is C21H24FN3O. The van der Waals surface area contributed by atoms with Crippen LogP contribution in [0.3, 0.4) is 0 Å². The van der Waals surface area contributed by atoms with Crippen molar-refractivity contribution in [3.05, 3.63) is 59.5 Å². The molecule has 2 aromatic carbocycles. The van der Waals surface area contributed by atoms with Gasteiger partial charge in [0.05, 0.1) is 17.8 Å². The quantitative estimate of drug-likeness (QED) is 0.710. The highest BCUT2D eigenvalue weighted by Crippen LogP contribution is 2.30. The summed E-state index contributed by atoms with van der Waals surface area (Å²) in [4.78, 5) is 0. The van der Waals surface area contributed by atoms with E-state index in [9.17, 15) is 4.39 Å². The first-order valence-electron chi connectivity index (χ1n) is 9.26. The van der Waals surface area contributed by atoms with Crippen LogP contribution in [0, 0.1) is 12.7 Å². The molecular weight excluding hydrogens is 329 g/mol. The number of fused-ring (bicyclic) bond motifs is 1. The third kappa shape index (κ3) is 3.73. The summed E-state index contributed by atoms with van der Waals surface area (Å²) in [6.07, 6.45) is 6.32. The summed E-state index contributed by atoms with van der Waals surface area (Å²) in [5.74, 6) is 0.779. The lowest BCUT2D eigenvalue weighted by atomic mass is 9.92. The van der Waals surface area contributed by atoms with Gasteiger partial charge in [-0.3, -0.25) is 5.10 Å². The van der Waals surface area contributed by atoms with Gasteiger partial charge in [0.2, 0.25) is 0 Å². The lowest BCUT2D eigenvalue weighted by molar-refractivity contribution is 0.138. The van der Waals surface area contributed by atoms with E-state index >= 15 is 0 Å². The molecule has 0 radical (unpaired) electrons. The van der Waals surface area contributed by atoms with E-state index in [4.69, 9.17) is 4.74 Å². The first-order chi connectivity index (χ1) is 12.7. The van der Waals surface area contributed by atoms with Crippen LogP contribution >= 0.6 is 0 Å². The fourth-order valence-electron chi connectivity index (χ4n) is 3.74. The highest BCUT2D eigenvalue weighted by molar-refractivity contribution is 5.83. The summed E-state index contributed by atoms with van der Waals surface area (Å²) in [6, 6.07) is 11.3. The maximum atomic E-state index is 13.3. The number of hydrogen-bond donors (Lipinski definition) is 2. The average molecular weight is 353 g/mol. The molecule has 2 N–H and O–H groups in total. The van der Waals surface area contributed by atoms with Gasteiger partial charge in [-0.2, -0.15) is 5.10 Å². The Morgan fingerprint density at radius 3 is 2.85 bits per heavy atom. The smallest absolute Gasteiger partial charge is 0.123 e. The van der Waals surface area contributed by atoms with E-state index in [-0.39, 0.29) is 11.9 Å². The lowest BCUT2D eigenvalue weighted by Crippen LogP contribution is -2.36. The molecule has 0 unspecified atom stereocenters. The van der Waals surface area contributed by atoms with Gasteiger partial charge in [0, 0.05) is 23.5 Å². The number of nitrogens with zero attached hydrogens (tertiary/aromatic N) is 1. The highest BCUT2D eigenvalue weighted by atomic mass is 19.1. The van der Waals surface area contributed by atoms with E-state index in [1.54, 1.807) is 12.1 Å². The van der Waals surface area contributed by atoms with Crippen molar-refractivity contribution in [2.75, 3.05) is 0 Å². The van der Waals surface area contributed by atoms with Crippen molar-refractivity contribution in [3.8, 4) is 5.75 Å². The van der Waals surface area contributed by atoms with Gasteiger partial charge in [-0.15, -0.1) is 0 Å². The van der Waals surface area contributed by atoms with Gasteiger partial charge in [-0.05, 0) is 62.4 Å². The molecule has 0 spiro atoms. The van der Waals surface area contributed by atoms with Crippen LogP contribution in [0.5, 0.6) is 5.75 Å². The Balaban J connectivity index is 1.30. The molecule has 5 heteroatoms. The van der Waals surface area contributed by atoms with E-state index in [0.717, 1.165) is 53.5 Å². The van der Waals surface area contributed by atoms with Crippen LogP contribution in [0.15, 0.2) is 42.6 Å². The zero-order valence-electron chi connectivity index (χ0n) is 15.0. The Kier molecular flexibility index (Phi) is 4.89. The number of rotatable bonds is 5. The fourth-order valence-corrected chi connectivity index (χ4v) is 3.74. The molecule has 0 amide bonds. The second kappa shape index (κ2) is 7.46. The Morgan fingerprint density at radius 2 is 2.04 bits per heavy atom. The van der Waals surface area contributed by atoms with Crippen LogP contribution in [-0.4, -0.2) is 22.3 Å². The van der Waals surface area contributed by atoms with Crippen LogP contribution in [0.1, 0.15) is 36.8 Å². The number of aryl methyl sites for hydroxylation is 1. The standard InChI is InChI=1S/C21H24FN3O/c1-14-19-13-24-25-20(19)9-10-21(14)26-18-7-5-17(6-8-18)23-12-15-3-2-4-16(22)11-15/h2-4,9-11,13,17-18,23H,5-8,12H2,1H3,(H,24,25)/t17-,18+. The minimum atomic E-state index is -0.175. The second-order valence-electron chi connectivity index (χ2n) is 7.12. The monoisotopic (exact) mass is 353 g/mol. The third-order valence-electron chi connectivity index (χ3n) is 5.30. The number of benzene rings is 2. The van der Waals surface area contributed by atoms with Crippen molar-refractivity contribution in [1.29, 1.82) is 0 Å². The first-order valence-corrected chi connectivity index (χ1v) is 9.26. The van der Waals surface area contributed by atoms with Gasteiger partial charge in [-0.1, -0.05) is 12.1 Å². The third-order valence-corrected chi connectivity index (χ3v) is 5.30. The van der Waals surface area contributed by atoms with Gasteiger partial charge >= 0.3 is 0 Å². The number of aromatic amines is 1. The van der Waals surface area contributed by atoms with Crippen molar-refractivity contribution in [2.45, 2.75) is 51.3 Å². The topological polar surface area (TPSA) is 49.9 Å². The number of H-pyrrole nitrogens is 1. The molecule has 1 fully saturated rings. The Morgan fingerprint density at radius 1 is 1.19 bits per heavy atom. The van der Waals surface area contributed by atoms with E-state index in [1.807, 2.05) is 24.4 Å². The van der Waals surface area contributed by atoms with Crippen LogP contribution < -0.4 is 10.1 Å². The van der Waals surface area contributed by atoms with Crippen LogP contribution in [0.25, 0.3) is 10.9 Å². The maximum absolute atomic E-state index is 13.3. The molecule has 1 aliphatic rings. The van der Waals surface area contributed by atoms with Crippen LogP contribution in [0.2, 0.25) is 0 Å². The zero-order valence-corrected chi connectivity index (χ0v) is 15.0. The molecule has 1 aromatic heterocycles. The molecule has 3 aromatic rings. The average Bonchev–Trinajstić information content (AvgIpc) is 3.13. The summed E-state index contributed by atoms with van der Waals surface area (Å²) < 4.78 is 19.5. The van der Waals surface area contributed by atoms with Gasteiger partial charge < -0.3 is 10.1 Å². The number of halogens is 1. The second-order valence-corrected chi connectivity index (χ2v) is 7.12. The Bertz CT molecular complexity index is 884. The largest absolute Gasteiger partial charge is 0.490 e. The highest BCUT2D eigenvalue weighted by Gasteiger charge is 2.23. The molecule has 1 saturated carbocycles. The Labute approximate surface area is 152 Å². The lowest BCUT2D eigenvalue weighted by Gasteiger charge is -2.30. The SMILES string of the molecule is Cc1c(O[C@H]2CC[C@@H](NCc3cccc(F)c3)CC2)ccc2[nH]ncc12. The van der Waals surface area contributed by atoms with Crippen molar-refractivity contribution < 1.29 is 9.13 Å². The molecule has 0 saturated heterocycles. The normalized spacial score (nSPS) is 20.4. The van der Waals surface area contributed by atoms with Gasteiger partial charge in [0.1, 0.15) is 11.6 Å². The summed E-state index contributed by atoms with van der Waals surface area (Å²) in [5.41, 5.74) is 3.18. The molecule has 1 heterocycles. The number of hydrogen-bond acceptors (Lipinski definition) is 3. The number of ether oxygens (including phenoxy) is 1. The van der Waals surface area contributed by atoms with Crippen molar-refractivity contribution in [1.82, 2.24) is 15.5 Å². The van der Waals surface area contributed by atoms with Crippen LogP contribution in [0.4, 0.5) is 4.39 Å². The van der Waals surface area contributed by atoms with Gasteiger partial charge in [-0.25, -0.2) is 4.39 Å². The van der Waals surface area contributed by atoms with Gasteiger partial charge in [0.15, 0.2) is 0 Å². The minimum absolute atomic E-state index is 0.175. The van der Waals surface area contributed by atoms with E-state index in [0.29, 0.717) is 12.6 Å². The summed E-state index contributed by atoms with van der Waals surface area (Å²) in [5, 5.41) is 11.8. The van der Waals surface area contributed by atoms with Crippen molar-refractivity contribution in [3.63, 3.8) is 0 Å². The summed E-state index contributed by atoms with van der Waals surface area (Å²) in [6.45, 7) is 2.80. The van der Waals surface area contributed by atoms with Gasteiger partial charge in [0.25, 0.3) is 0 Å². The molecule has 4 nitrogen and oxygen atoms in total. The summed E-state index contributed by atoms with van der Waals surface area (Å²) in [7, 11) is 0. The molecule has 0 bridgehead atoms. The number of aromatic nitrogens is 2. The predicted molar refractivity (Wildman–Crippen MR) is 101 cm³/mol. The molecule has 136 valence electrons. The maximum Gasteiger partial charge on any atom is 0.123 e. The zero-order chi connectivity index (χ0) is 17.9. The first kappa shape index (κ1) is 17.0. The molecule has 4 rings (SSSR count). The fraction of sp³-hybridized carbons (Fsp3) is 0.381.